The highest BCUT2D eigenvalue weighted by Gasteiger charge is 2.31. The summed E-state index contributed by atoms with van der Waals surface area (Å²) in [4.78, 5) is 6.89. The molecule has 0 fully saturated rings. The van der Waals surface area contributed by atoms with Gasteiger partial charge in [0.25, 0.3) is 0 Å². The van der Waals surface area contributed by atoms with E-state index in [1.54, 1.807) is 24.7 Å². The Balaban J connectivity index is 2.70. The lowest BCUT2D eigenvalue weighted by Gasteiger charge is -2.32. The van der Waals surface area contributed by atoms with Crippen molar-refractivity contribution >= 4 is 0 Å². The van der Waals surface area contributed by atoms with Gasteiger partial charge >= 0.3 is 0 Å². The summed E-state index contributed by atoms with van der Waals surface area (Å²) in [5.74, 6) is 0. The van der Waals surface area contributed by atoms with Crippen LogP contribution in [0.3, 0.4) is 0 Å². The number of nitrogens with two attached hydrogens (primary N) is 1. The predicted molar refractivity (Wildman–Crippen MR) is 64.8 cm³/mol. The van der Waals surface area contributed by atoms with Gasteiger partial charge < -0.3 is 15.8 Å². The van der Waals surface area contributed by atoms with Crippen molar-refractivity contribution in [2.24, 2.45) is 5.73 Å². The van der Waals surface area contributed by atoms with E-state index in [1.807, 2.05) is 0 Å². The number of hydrogen-bond acceptors (Lipinski definition) is 3. The normalized spacial score (nSPS) is 13.4. The molecule has 4 nitrogen and oxygen atoms in total. The van der Waals surface area contributed by atoms with Crippen molar-refractivity contribution in [3.63, 3.8) is 0 Å². The van der Waals surface area contributed by atoms with E-state index in [0.29, 0.717) is 19.3 Å². The molecule has 0 aliphatic carbocycles. The van der Waals surface area contributed by atoms with Gasteiger partial charge in [-0.2, -0.15) is 0 Å². The van der Waals surface area contributed by atoms with E-state index in [2.05, 4.69) is 23.1 Å². The van der Waals surface area contributed by atoms with E-state index in [9.17, 15) is 5.11 Å². The molecule has 0 aromatic carbocycles. The molecular formula is C12H19N3O. The minimum Gasteiger partial charge on any atom is -0.388 e. The Hall–Kier alpha value is -1.39. The molecule has 1 atom stereocenters. The lowest BCUT2D eigenvalue weighted by Crippen LogP contribution is -2.48. The molecule has 0 aliphatic heterocycles. The van der Waals surface area contributed by atoms with Crippen molar-refractivity contribution in [1.29, 1.82) is 0 Å². The molecule has 1 heterocycles. The molecule has 16 heavy (non-hydrogen) atoms. The van der Waals surface area contributed by atoms with E-state index in [1.165, 1.54) is 0 Å². The van der Waals surface area contributed by atoms with Crippen molar-refractivity contribution in [1.82, 2.24) is 9.97 Å². The van der Waals surface area contributed by atoms with E-state index in [4.69, 9.17) is 5.73 Å². The third-order valence-electron chi connectivity index (χ3n) is 2.68. The van der Waals surface area contributed by atoms with Gasteiger partial charge in [-0.1, -0.05) is 12.2 Å². The average Bonchev–Trinajstić information content (AvgIpc) is 2.71. The number of aliphatic hydroxyl groups is 1. The standard InChI is InChI=1S/C12H19N3O/c1-3-5-12(16,6-4-2)11(13)7-10-8-14-9-15-10/h3-4,8-9,11,16H,1-2,5-7,13H2,(H,14,15)/t11-/m0/s1. The van der Waals surface area contributed by atoms with Crippen LogP contribution in [0.2, 0.25) is 0 Å². The molecule has 0 bridgehead atoms. The predicted octanol–water partition coefficient (Wildman–Crippen LogP) is 1.16. The summed E-state index contributed by atoms with van der Waals surface area (Å²) in [5.41, 5.74) is 5.96. The summed E-state index contributed by atoms with van der Waals surface area (Å²) in [6.07, 6.45) is 8.12. The second-order valence-electron chi connectivity index (χ2n) is 3.98. The highest BCUT2D eigenvalue weighted by Crippen LogP contribution is 2.22. The van der Waals surface area contributed by atoms with Crippen LogP contribution >= 0.6 is 0 Å². The van der Waals surface area contributed by atoms with Gasteiger partial charge in [0.15, 0.2) is 0 Å². The van der Waals surface area contributed by atoms with Gasteiger partial charge in [-0.25, -0.2) is 4.98 Å². The summed E-state index contributed by atoms with van der Waals surface area (Å²) in [6.45, 7) is 7.27. The van der Waals surface area contributed by atoms with Crippen LogP contribution in [0.5, 0.6) is 0 Å². The molecule has 0 aliphatic rings. The monoisotopic (exact) mass is 221 g/mol. The smallest absolute Gasteiger partial charge is 0.0921 e. The fraction of sp³-hybridized carbons (Fsp3) is 0.417. The number of rotatable bonds is 7. The third kappa shape index (κ3) is 3.05. The molecule has 0 unspecified atom stereocenters. The molecule has 4 N–H and O–H groups in total. The Labute approximate surface area is 95.9 Å². The second-order valence-corrected chi connectivity index (χ2v) is 3.98. The van der Waals surface area contributed by atoms with Gasteiger partial charge in [0, 0.05) is 24.4 Å². The first-order chi connectivity index (χ1) is 7.62. The second kappa shape index (κ2) is 5.63. The largest absolute Gasteiger partial charge is 0.388 e. The summed E-state index contributed by atoms with van der Waals surface area (Å²) in [6, 6.07) is -0.371. The SMILES string of the molecule is C=CCC(O)(CC=C)[C@@H](N)Cc1cnc[nH]1. The summed E-state index contributed by atoms with van der Waals surface area (Å²) < 4.78 is 0. The van der Waals surface area contributed by atoms with Gasteiger partial charge in [0.1, 0.15) is 0 Å². The number of imidazole rings is 1. The minimum atomic E-state index is -0.978. The number of hydrogen-bond donors (Lipinski definition) is 3. The van der Waals surface area contributed by atoms with Crippen molar-refractivity contribution < 1.29 is 5.11 Å². The van der Waals surface area contributed by atoms with E-state index < -0.39 is 5.60 Å². The maximum absolute atomic E-state index is 10.4. The van der Waals surface area contributed by atoms with Crippen LogP contribution in [0.25, 0.3) is 0 Å². The van der Waals surface area contributed by atoms with Crippen LogP contribution in [0.15, 0.2) is 37.8 Å². The summed E-state index contributed by atoms with van der Waals surface area (Å²) >= 11 is 0. The Morgan fingerprint density at radius 3 is 2.56 bits per heavy atom. The molecule has 88 valence electrons. The first-order valence-corrected chi connectivity index (χ1v) is 5.29. The number of H-pyrrole nitrogens is 1. The zero-order chi connectivity index (χ0) is 12.0. The number of aromatic nitrogens is 2. The average molecular weight is 221 g/mol. The van der Waals surface area contributed by atoms with E-state index in [-0.39, 0.29) is 6.04 Å². The van der Waals surface area contributed by atoms with Crippen LogP contribution in [0.1, 0.15) is 18.5 Å². The first-order valence-electron chi connectivity index (χ1n) is 5.29. The molecule has 0 spiro atoms. The van der Waals surface area contributed by atoms with Crippen LogP contribution < -0.4 is 5.73 Å². The zero-order valence-corrected chi connectivity index (χ0v) is 9.39. The topological polar surface area (TPSA) is 74.9 Å². The van der Waals surface area contributed by atoms with Gasteiger partial charge in [0.05, 0.1) is 11.9 Å². The summed E-state index contributed by atoms with van der Waals surface area (Å²) in [5, 5.41) is 10.4. The van der Waals surface area contributed by atoms with Crippen LogP contribution in [0, 0.1) is 0 Å². The minimum absolute atomic E-state index is 0.371. The fourth-order valence-corrected chi connectivity index (χ4v) is 1.71. The molecule has 1 aromatic heterocycles. The van der Waals surface area contributed by atoms with Crippen molar-refractivity contribution in [3.8, 4) is 0 Å². The highest BCUT2D eigenvalue weighted by molar-refractivity contribution is 5.05. The summed E-state index contributed by atoms with van der Waals surface area (Å²) in [7, 11) is 0. The Morgan fingerprint density at radius 1 is 1.50 bits per heavy atom. The van der Waals surface area contributed by atoms with E-state index >= 15 is 0 Å². The van der Waals surface area contributed by atoms with Crippen LogP contribution in [0.4, 0.5) is 0 Å². The quantitative estimate of drug-likeness (QED) is 0.605. The molecule has 0 saturated carbocycles. The molecular weight excluding hydrogens is 202 g/mol. The molecule has 0 radical (unpaired) electrons. The molecule has 1 aromatic rings. The van der Waals surface area contributed by atoms with Crippen molar-refractivity contribution in [2.75, 3.05) is 0 Å². The lowest BCUT2D eigenvalue weighted by molar-refractivity contribution is 0.0195. The van der Waals surface area contributed by atoms with Gasteiger partial charge in [0.2, 0.25) is 0 Å². The zero-order valence-electron chi connectivity index (χ0n) is 9.39. The highest BCUT2D eigenvalue weighted by atomic mass is 16.3. The number of nitrogens with one attached hydrogen (secondary N) is 1. The maximum Gasteiger partial charge on any atom is 0.0921 e. The van der Waals surface area contributed by atoms with Gasteiger partial charge in [-0.3, -0.25) is 0 Å². The van der Waals surface area contributed by atoms with E-state index in [0.717, 1.165) is 5.69 Å². The van der Waals surface area contributed by atoms with Crippen molar-refractivity contribution in [2.45, 2.75) is 30.9 Å². The molecule has 0 amide bonds. The maximum atomic E-state index is 10.4. The molecule has 4 heteroatoms. The lowest BCUT2D eigenvalue weighted by atomic mass is 9.85. The van der Waals surface area contributed by atoms with Gasteiger partial charge in [-0.05, 0) is 12.8 Å². The number of nitrogens with zero attached hydrogens (tertiary/aromatic N) is 1. The Bertz CT molecular complexity index is 322. The molecule has 1 rings (SSSR count). The van der Waals surface area contributed by atoms with Crippen LogP contribution in [-0.2, 0) is 6.42 Å². The van der Waals surface area contributed by atoms with Gasteiger partial charge in [-0.15, -0.1) is 13.2 Å². The Kier molecular flexibility index (Phi) is 4.46. The van der Waals surface area contributed by atoms with Crippen LogP contribution in [-0.4, -0.2) is 26.7 Å². The number of aromatic amines is 1. The molecule has 0 saturated heterocycles. The first kappa shape index (κ1) is 12.7. The Morgan fingerprint density at radius 2 is 2.12 bits per heavy atom. The fourth-order valence-electron chi connectivity index (χ4n) is 1.71. The third-order valence-corrected chi connectivity index (χ3v) is 2.68. The van der Waals surface area contributed by atoms with Crippen molar-refractivity contribution in [3.05, 3.63) is 43.5 Å².